The average molecular weight is 268 g/mol. The van der Waals surface area contributed by atoms with E-state index in [1.54, 1.807) is 13.3 Å². The minimum atomic E-state index is 0.239. The van der Waals surface area contributed by atoms with Gasteiger partial charge in [-0.25, -0.2) is 0 Å². The van der Waals surface area contributed by atoms with Gasteiger partial charge in [-0.1, -0.05) is 6.07 Å². The zero-order valence-corrected chi connectivity index (χ0v) is 11.8. The number of aromatic nitrogens is 1. The molecule has 1 aromatic rings. The standard InChI is InChI=1S/C14H24N2O3/c1-13(14-5-3-4-6-16-14)15-7-8-18-11-12-19-10-9-17-2/h3-6,13,15H,7-12H2,1-2H3/t13-/m0/s1. The van der Waals surface area contributed by atoms with Crippen LogP contribution in [0.5, 0.6) is 0 Å². The molecule has 0 saturated carbocycles. The van der Waals surface area contributed by atoms with Crippen molar-refractivity contribution in [1.29, 1.82) is 0 Å². The van der Waals surface area contributed by atoms with Gasteiger partial charge >= 0.3 is 0 Å². The minimum Gasteiger partial charge on any atom is -0.382 e. The van der Waals surface area contributed by atoms with Gasteiger partial charge in [0.05, 0.1) is 38.7 Å². The van der Waals surface area contributed by atoms with Gasteiger partial charge in [0.15, 0.2) is 0 Å². The fraction of sp³-hybridized carbons (Fsp3) is 0.643. The van der Waals surface area contributed by atoms with Crippen LogP contribution >= 0.6 is 0 Å². The molecule has 0 fully saturated rings. The van der Waals surface area contributed by atoms with Crippen LogP contribution in [-0.2, 0) is 14.2 Å². The lowest BCUT2D eigenvalue weighted by atomic mass is 10.2. The van der Waals surface area contributed by atoms with Crippen LogP contribution in [0.15, 0.2) is 24.4 Å². The van der Waals surface area contributed by atoms with Gasteiger partial charge in [0, 0.05) is 25.9 Å². The molecule has 0 radical (unpaired) electrons. The molecule has 0 aliphatic heterocycles. The van der Waals surface area contributed by atoms with Crippen molar-refractivity contribution >= 4 is 0 Å². The zero-order valence-electron chi connectivity index (χ0n) is 11.8. The van der Waals surface area contributed by atoms with Gasteiger partial charge in [0.1, 0.15) is 0 Å². The van der Waals surface area contributed by atoms with E-state index in [1.165, 1.54) is 0 Å². The van der Waals surface area contributed by atoms with Crippen LogP contribution in [0, 0.1) is 0 Å². The van der Waals surface area contributed by atoms with Gasteiger partial charge in [0.25, 0.3) is 0 Å². The third-order valence-corrected chi connectivity index (χ3v) is 2.63. The molecule has 0 unspecified atom stereocenters. The molecule has 1 atom stereocenters. The van der Waals surface area contributed by atoms with Crippen molar-refractivity contribution in [2.45, 2.75) is 13.0 Å². The predicted molar refractivity (Wildman–Crippen MR) is 74.2 cm³/mol. The first-order valence-corrected chi connectivity index (χ1v) is 6.63. The molecule has 108 valence electrons. The summed E-state index contributed by atoms with van der Waals surface area (Å²) in [6.07, 6.45) is 1.81. The van der Waals surface area contributed by atoms with Crippen LogP contribution in [0.1, 0.15) is 18.7 Å². The van der Waals surface area contributed by atoms with Gasteiger partial charge < -0.3 is 19.5 Å². The van der Waals surface area contributed by atoms with Crippen molar-refractivity contribution in [3.8, 4) is 0 Å². The number of hydrogen-bond donors (Lipinski definition) is 1. The Labute approximate surface area is 115 Å². The largest absolute Gasteiger partial charge is 0.382 e. The molecular formula is C14H24N2O3. The Hall–Kier alpha value is -1.01. The van der Waals surface area contributed by atoms with E-state index in [0.717, 1.165) is 12.2 Å². The predicted octanol–water partition coefficient (Wildman–Crippen LogP) is 1.41. The van der Waals surface area contributed by atoms with Crippen LogP contribution in [0.3, 0.4) is 0 Å². The summed E-state index contributed by atoms with van der Waals surface area (Å²) < 4.78 is 15.6. The molecule has 1 rings (SSSR count). The number of nitrogens with zero attached hydrogens (tertiary/aromatic N) is 1. The smallest absolute Gasteiger partial charge is 0.0701 e. The zero-order chi connectivity index (χ0) is 13.8. The van der Waals surface area contributed by atoms with Gasteiger partial charge in [-0.3, -0.25) is 4.98 Å². The van der Waals surface area contributed by atoms with Gasteiger partial charge in [0.2, 0.25) is 0 Å². The lowest BCUT2D eigenvalue weighted by Crippen LogP contribution is -2.24. The van der Waals surface area contributed by atoms with Crippen molar-refractivity contribution < 1.29 is 14.2 Å². The van der Waals surface area contributed by atoms with Crippen LogP contribution in [0.25, 0.3) is 0 Å². The summed E-state index contributed by atoms with van der Waals surface area (Å²) in [5.41, 5.74) is 1.05. The number of pyridine rings is 1. The van der Waals surface area contributed by atoms with E-state index in [0.29, 0.717) is 33.0 Å². The molecule has 0 spiro atoms. The van der Waals surface area contributed by atoms with Gasteiger partial charge in [-0.05, 0) is 19.1 Å². The minimum absolute atomic E-state index is 0.239. The molecule has 1 aromatic heterocycles. The lowest BCUT2D eigenvalue weighted by molar-refractivity contribution is 0.0252. The first-order valence-electron chi connectivity index (χ1n) is 6.63. The van der Waals surface area contributed by atoms with Crippen molar-refractivity contribution in [3.05, 3.63) is 30.1 Å². The third-order valence-electron chi connectivity index (χ3n) is 2.63. The highest BCUT2D eigenvalue weighted by Gasteiger charge is 2.03. The van der Waals surface area contributed by atoms with Crippen LogP contribution in [0.2, 0.25) is 0 Å². The number of rotatable bonds is 11. The monoisotopic (exact) mass is 268 g/mol. The first kappa shape index (κ1) is 16.0. The molecule has 0 aromatic carbocycles. The molecule has 5 heteroatoms. The molecule has 19 heavy (non-hydrogen) atoms. The first-order chi connectivity index (χ1) is 9.34. The Morgan fingerprint density at radius 3 is 2.53 bits per heavy atom. The average Bonchev–Trinajstić information content (AvgIpc) is 2.46. The SMILES string of the molecule is COCCOCCOCCN[C@@H](C)c1ccccn1. The number of nitrogens with one attached hydrogen (secondary N) is 1. The maximum absolute atomic E-state index is 5.45. The summed E-state index contributed by atoms with van der Waals surface area (Å²) in [6.45, 7) is 6.04. The normalized spacial score (nSPS) is 12.5. The third kappa shape index (κ3) is 7.89. The maximum atomic E-state index is 5.45. The molecule has 0 amide bonds. The van der Waals surface area contributed by atoms with E-state index in [-0.39, 0.29) is 6.04 Å². The van der Waals surface area contributed by atoms with E-state index in [1.807, 2.05) is 18.2 Å². The highest BCUT2D eigenvalue weighted by atomic mass is 16.5. The van der Waals surface area contributed by atoms with Crippen molar-refractivity contribution in [2.24, 2.45) is 0 Å². The van der Waals surface area contributed by atoms with E-state index in [4.69, 9.17) is 14.2 Å². The van der Waals surface area contributed by atoms with E-state index in [2.05, 4.69) is 17.2 Å². The van der Waals surface area contributed by atoms with Crippen LogP contribution < -0.4 is 5.32 Å². The summed E-state index contributed by atoms with van der Waals surface area (Å²) in [5, 5.41) is 3.36. The fourth-order valence-electron chi connectivity index (χ4n) is 1.55. The maximum Gasteiger partial charge on any atom is 0.0701 e. The summed E-state index contributed by atoms with van der Waals surface area (Å²) in [5.74, 6) is 0. The quantitative estimate of drug-likeness (QED) is 0.615. The van der Waals surface area contributed by atoms with Crippen molar-refractivity contribution in [3.63, 3.8) is 0 Å². The van der Waals surface area contributed by atoms with E-state index < -0.39 is 0 Å². The highest BCUT2D eigenvalue weighted by molar-refractivity contribution is 5.07. The van der Waals surface area contributed by atoms with E-state index >= 15 is 0 Å². The number of hydrogen-bond acceptors (Lipinski definition) is 5. The molecule has 1 heterocycles. The molecule has 0 aliphatic carbocycles. The van der Waals surface area contributed by atoms with Crippen LogP contribution in [0.4, 0.5) is 0 Å². The molecule has 5 nitrogen and oxygen atoms in total. The second kappa shape index (κ2) is 10.9. The number of ether oxygens (including phenoxy) is 3. The topological polar surface area (TPSA) is 52.6 Å². The summed E-state index contributed by atoms with van der Waals surface area (Å²) in [7, 11) is 1.66. The van der Waals surface area contributed by atoms with Gasteiger partial charge in [-0.15, -0.1) is 0 Å². The Morgan fingerprint density at radius 1 is 1.11 bits per heavy atom. The Bertz CT molecular complexity index is 309. The van der Waals surface area contributed by atoms with Crippen molar-refractivity contribution in [2.75, 3.05) is 46.7 Å². The molecule has 1 N–H and O–H groups in total. The summed E-state index contributed by atoms with van der Waals surface area (Å²) in [4.78, 5) is 4.30. The Morgan fingerprint density at radius 2 is 1.84 bits per heavy atom. The highest BCUT2D eigenvalue weighted by Crippen LogP contribution is 2.06. The van der Waals surface area contributed by atoms with E-state index in [9.17, 15) is 0 Å². The number of methoxy groups -OCH3 is 1. The Balaban J connectivity index is 1.93. The van der Waals surface area contributed by atoms with Crippen molar-refractivity contribution in [1.82, 2.24) is 10.3 Å². The van der Waals surface area contributed by atoms with Crippen LogP contribution in [-0.4, -0.2) is 51.7 Å². The lowest BCUT2D eigenvalue weighted by Gasteiger charge is -2.13. The summed E-state index contributed by atoms with van der Waals surface area (Å²) in [6, 6.07) is 6.17. The molecule has 0 aliphatic rings. The molecule has 0 saturated heterocycles. The molecule has 0 bridgehead atoms. The second-order valence-corrected chi connectivity index (χ2v) is 4.15. The fourth-order valence-corrected chi connectivity index (χ4v) is 1.55. The Kier molecular flexibility index (Phi) is 9.18. The molecular weight excluding hydrogens is 244 g/mol. The summed E-state index contributed by atoms with van der Waals surface area (Å²) >= 11 is 0. The second-order valence-electron chi connectivity index (χ2n) is 4.15. The van der Waals surface area contributed by atoms with Gasteiger partial charge in [-0.2, -0.15) is 0 Å².